The Hall–Kier alpha value is -4.36. The average Bonchev–Trinajstić information content (AvgIpc) is 3.59. The highest BCUT2D eigenvalue weighted by molar-refractivity contribution is 5.74. The lowest BCUT2D eigenvalue weighted by Gasteiger charge is -2.40. The van der Waals surface area contributed by atoms with Crippen LogP contribution in [0.4, 0.5) is 0 Å². The fourth-order valence-electron chi connectivity index (χ4n) is 9.60. The minimum atomic E-state index is -1.92. The van der Waals surface area contributed by atoms with E-state index in [4.69, 9.17) is 23.7 Å². The molecule has 0 aromatic carbocycles. The van der Waals surface area contributed by atoms with Gasteiger partial charge in [-0.15, -0.1) is 0 Å². The Morgan fingerprint density at radius 3 is 1.23 bits per heavy atom. The van der Waals surface area contributed by atoms with Crippen molar-refractivity contribution in [1.82, 2.24) is 0 Å². The molecule has 0 aromatic heterocycles. The Morgan fingerprint density at radius 2 is 0.783 bits per heavy atom. The second-order valence-corrected chi connectivity index (χ2v) is 22.4. The van der Waals surface area contributed by atoms with Crippen molar-refractivity contribution in [3.05, 3.63) is 97.2 Å². The molecular formula is C71H118O12. The van der Waals surface area contributed by atoms with E-state index in [1.54, 1.807) is 0 Å². The van der Waals surface area contributed by atoms with Gasteiger partial charge in [0.15, 0.2) is 24.6 Å². The fraction of sp³-hybridized carbons (Fsp3) is 0.718. The number of carbonyl (C=O) groups excluding carboxylic acids is 3. The first-order valence-corrected chi connectivity index (χ1v) is 33.2. The molecule has 3 N–H and O–H groups in total. The fourth-order valence-corrected chi connectivity index (χ4v) is 9.60. The number of aliphatic carboxylic acids is 1. The number of unbranched alkanes of at least 4 members (excludes halogenated alkanes) is 26. The molecule has 0 saturated carbocycles. The highest BCUT2D eigenvalue weighted by Gasteiger charge is 2.50. The summed E-state index contributed by atoms with van der Waals surface area (Å²) in [5.74, 6) is -3.23. The van der Waals surface area contributed by atoms with Gasteiger partial charge in [-0.1, -0.05) is 266 Å². The van der Waals surface area contributed by atoms with Crippen LogP contribution in [-0.4, -0.2) is 89.2 Å². The van der Waals surface area contributed by atoms with E-state index in [2.05, 4.69) is 106 Å². The summed E-state index contributed by atoms with van der Waals surface area (Å²) >= 11 is 0. The topological polar surface area (TPSA) is 175 Å². The van der Waals surface area contributed by atoms with E-state index in [1.165, 1.54) is 103 Å². The van der Waals surface area contributed by atoms with E-state index in [0.717, 1.165) is 116 Å². The molecule has 474 valence electrons. The van der Waals surface area contributed by atoms with E-state index in [9.17, 15) is 34.5 Å². The molecule has 0 radical (unpaired) electrons. The maximum absolute atomic E-state index is 13.2. The molecule has 6 atom stereocenters. The molecular weight excluding hydrogens is 1040 g/mol. The van der Waals surface area contributed by atoms with E-state index in [0.29, 0.717) is 19.3 Å². The molecule has 0 aromatic rings. The van der Waals surface area contributed by atoms with Crippen molar-refractivity contribution in [2.75, 3.05) is 13.2 Å². The second-order valence-electron chi connectivity index (χ2n) is 22.4. The van der Waals surface area contributed by atoms with Gasteiger partial charge in [0.05, 0.1) is 6.61 Å². The quantitative estimate of drug-likeness (QED) is 0.0228. The third-order valence-corrected chi connectivity index (χ3v) is 14.7. The van der Waals surface area contributed by atoms with Gasteiger partial charge in [0.25, 0.3) is 0 Å². The van der Waals surface area contributed by atoms with Gasteiger partial charge >= 0.3 is 23.9 Å². The number of carbonyl (C=O) groups is 4. The van der Waals surface area contributed by atoms with Crippen molar-refractivity contribution in [2.45, 2.75) is 314 Å². The minimum Gasteiger partial charge on any atom is -0.479 e. The summed E-state index contributed by atoms with van der Waals surface area (Å²) in [5.41, 5.74) is 0. The van der Waals surface area contributed by atoms with Crippen molar-refractivity contribution in [1.29, 1.82) is 0 Å². The normalized spacial score (nSPS) is 18.2. The van der Waals surface area contributed by atoms with Gasteiger partial charge in [0.2, 0.25) is 0 Å². The summed E-state index contributed by atoms with van der Waals surface area (Å²) in [6.07, 6.45) is 65.2. The molecule has 1 heterocycles. The molecule has 83 heavy (non-hydrogen) atoms. The van der Waals surface area contributed by atoms with Crippen LogP contribution in [-0.2, 0) is 42.9 Å². The van der Waals surface area contributed by atoms with Gasteiger partial charge in [-0.3, -0.25) is 14.4 Å². The van der Waals surface area contributed by atoms with E-state index >= 15 is 0 Å². The number of carboxylic acids is 1. The number of hydrogen-bond acceptors (Lipinski definition) is 11. The molecule has 1 rings (SSSR count). The number of aliphatic hydroxyl groups is 2. The lowest BCUT2D eigenvalue weighted by Crippen LogP contribution is -2.61. The maximum Gasteiger partial charge on any atom is 0.335 e. The van der Waals surface area contributed by atoms with Crippen LogP contribution in [0.2, 0.25) is 0 Å². The Morgan fingerprint density at radius 1 is 0.410 bits per heavy atom. The summed E-state index contributed by atoms with van der Waals surface area (Å²) in [4.78, 5) is 51.3. The first-order valence-electron chi connectivity index (χ1n) is 33.2. The van der Waals surface area contributed by atoms with Gasteiger partial charge in [-0.25, -0.2) is 4.79 Å². The van der Waals surface area contributed by atoms with Crippen LogP contribution in [0, 0.1) is 0 Å². The van der Waals surface area contributed by atoms with Gasteiger partial charge < -0.3 is 39.0 Å². The second kappa shape index (κ2) is 58.0. The Kier molecular flexibility index (Phi) is 53.6. The zero-order valence-corrected chi connectivity index (χ0v) is 52.4. The van der Waals surface area contributed by atoms with Crippen LogP contribution in [0.5, 0.6) is 0 Å². The Labute approximate surface area is 504 Å². The smallest absolute Gasteiger partial charge is 0.335 e. The summed E-state index contributed by atoms with van der Waals surface area (Å²) in [7, 11) is 0. The highest BCUT2D eigenvalue weighted by atomic mass is 16.7. The molecule has 0 spiro atoms. The number of carboxylic acid groups (broad SMARTS) is 1. The zero-order valence-electron chi connectivity index (χ0n) is 52.4. The largest absolute Gasteiger partial charge is 0.479 e. The zero-order chi connectivity index (χ0) is 60.3. The molecule has 6 unspecified atom stereocenters. The van der Waals surface area contributed by atoms with Gasteiger partial charge in [0, 0.05) is 19.3 Å². The van der Waals surface area contributed by atoms with Crippen LogP contribution in [0.15, 0.2) is 97.2 Å². The third kappa shape index (κ3) is 47.6. The molecule has 1 saturated heterocycles. The Balaban J connectivity index is 2.70. The van der Waals surface area contributed by atoms with Crippen LogP contribution >= 0.6 is 0 Å². The van der Waals surface area contributed by atoms with E-state index in [-0.39, 0.29) is 25.9 Å². The summed E-state index contributed by atoms with van der Waals surface area (Å²) in [6.45, 7) is 5.82. The summed E-state index contributed by atoms with van der Waals surface area (Å²) in [5, 5.41) is 31.6. The SMILES string of the molecule is CC/C=C\C/C=C\C/C=C\C/C=C\C/C=C\C/C=C\CCC(=O)OCC(COC1OC(C(=O)O)C(O)C(O)C1OC(=O)CCCCCCCCC/C=C\C/C=C\CCCCC)OC(=O)CCCCCCCCCCCCCCCCCCC. The molecule has 12 nitrogen and oxygen atoms in total. The van der Waals surface area contributed by atoms with E-state index in [1.807, 2.05) is 12.2 Å². The summed E-state index contributed by atoms with van der Waals surface area (Å²) in [6, 6.07) is 0. The van der Waals surface area contributed by atoms with Crippen LogP contribution in [0.3, 0.4) is 0 Å². The average molecular weight is 1160 g/mol. The van der Waals surface area contributed by atoms with Crippen LogP contribution in [0.25, 0.3) is 0 Å². The highest BCUT2D eigenvalue weighted by Crippen LogP contribution is 2.27. The van der Waals surface area contributed by atoms with Crippen molar-refractivity contribution in [2.24, 2.45) is 0 Å². The summed E-state index contributed by atoms with van der Waals surface area (Å²) < 4.78 is 28.5. The van der Waals surface area contributed by atoms with E-state index < -0.39 is 67.3 Å². The monoisotopic (exact) mass is 1160 g/mol. The molecule has 12 heteroatoms. The first-order chi connectivity index (χ1) is 40.6. The third-order valence-electron chi connectivity index (χ3n) is 14.7. The van der Waals surface area contributed by atoms with Gasteiger partial charge in [-0.05, 0) is 89.9 Å². The Bertz CT molecular complexity index is 1810. The number of hydrogen-bond donors (Lipinski definition) is 3. The van der Waals surface area contributed by atoms with Crippen LogP contribution in [0.1, 0.15) is 278 Å². The van der Waals surface area contributed by atoms with Crippen molar-refractivity contribution in [3.63, 3.8) is 0 Å². The number of aliphatic hydroxyl groups excluding tert-OH is 2. The van der Waals surface area contributed by atoms with Crippen molar-refractivity contribution >= 4 is 23.9 Å². The van der Waals surface area contributed by atoms with Crippen LogP contribution < -0.4 is 0 Å². The van der Waals surface area contributed by atoms with Crippen molar-refractivity contribution in [3.8, 4) is 0 Å². The van der Waals surface area contributed by atoms with Crippen molar-refractivity contribution < 1.29 is 58.2 Å². The molecule has 1 aliphatic rings. The molecule has 1 aliphatic heterocycles. The molecule has 0 bridgehead atoms. The van der Waals surface area contributed by atoms with Gasteiger partial charge in [0.1, 0.15) is 18.8 Å². The lowest BCUT2D eigenvalue weighted by molar-refractivity contribution is -0.301. The predicted octanol–water partition coefficient (Wildman–Crippen LogP) is 18.0. The minimum absolute atomic E-state index is 0.0421. The maximum atomic E-state index is 13.2. The number of ether oxygens (including phenoxy) is 5. The lowest BCUT2D eigenvalue weighted by atomic mass is 9.98. The number of rotatable bonds is 56. The first kappa shape index (κ1) is 76.7. The predicted molar refractivity (Wildman–Crippen MR) is 340 cm³/mol. The number of esters is 3. The standard InChI is InChI=1S/C71H118O12/c1-4-7-10-13-16-19-22-25-28-31-32-35-36-39-42-45-48-51-54-57-63(72)79-60-62(81-64(73)58-55-52-49-46-43-40-37-33-29-26-23-20-17-14-11-8-5-2)61-80-71-69(67(76)66(75)68(83-71)70(77)78)82-65(74)59-56-53-50-47-44-41-38-34-30-27-24-21-18-15-12-9-6-3/h7,10,16,18-19,21,25,27-28,30,32,35,39,42,48,51,62,66-69,71,75-76H,4-6,8-9,11-15,17,20,22-24,26,29,31,33-34,36-38,40-41,43-47,49-50,52-61H2,1-3H3,(H,77,78)/b10-7-,19-16-,21-18-,28-25-,30-27-,35-32-,42-39-,51-48-. The molecule has 0 aliphatic carbocycles. The molecule has 0 amide bonds. The number of allylic oxidation sites excluding steroid dienone is 16. The molecule has 1 fully saturated rings. The van der Waals surface area contributed by atoms with Gasteiger partial charge in [-0.2, -0.15) is 0 Å².